The molecule has 0 saturated heterocycles. The van der Waals surface area contributed by atoms with E-state index in [9.17, 15) is 14.7 Å². The van der Waals surface area contributed by atoms with Crippen LogP contribution in [0, 0.1) is 0 Å². The Bertz CT molecular complexity index is 574. The van der Waals surface area contributed by atoms with Gasteiger partial charge in [0, 0.05) is 5.56 Å². The van der Waals surface area contributed by atoms with Crippen LogP contribution in [0.2, 0.25) is 5.02 Å². The number of carbonyl (C=O) groups excluding carboxylic acids is 1. The van der Waals surface area contributed by atoms with Gasteiger partial charge in [0.25, 0.3) is 5.91 Å². The number of aliphatic hydroxyl groups excluding tert-OH is 1. The summed E-state index contributed by atoms with van der Waals surface area (Å²) in [6.45, 7) is 1.97. The number of ether oxygens (including phenoxy) is 2. The molecule has 3 N–H and O–H groups in total. The molecule has 1 heterocycles. The van der Waals surface area contributed by atoms with Crippen molar-refractivity contribution in [1.82, 2.24) is 5.32 Å². The van der Waals surface area contributed by atoms with Crippen LogP contribution in [-0.4, -0.2) is 47.4 Å². The van der Waals surface area contributed by atoms with Gasteiger partial charge in [0.05, 0.1) is 11.1 Å². The first-order valence-corrected chi connectivity index (χ1v) is 6.59. The van der Waals surface area contributed by atoms with Crippen molar-refractivity contribution in [2.24, 2.45) is 0 Å². The fraction of sp³-hybridized carbons (Fsp3) is 0.385. The Morgan fingerprint density at radius 1 is 1.33 bits per heavy atom. The highest BCUT2D eigenvalue weighted by Crippen LogP contribution is 2.38. The molecule has 1 aromatic rings. The van der Waals surface area contributed by atoms with Crippen molar-refractivity contribution in [2.75, 3.05) is 13.2 Å². The zero-order valence-corrected chi connectivity index (χ0v) is 11.9. The van der Waals surface area contributed by atoms with E-state index in [2.05, 4.69) is 5.32 Å². The first-order valence-electron chi connectivity index (χ1n) is 6.21. The first-order chi connectivity index (χ1) is 9.90. The summed E-state index contributed by atoms with van der Waals surface area (Å²) in [6.07, 6.45) is -1.24. The smallest absolute Gasteiger partial charge is 0.328 e. The van der Waals surface area contributed by atoms with Gasteiger partial charge in [-0.25, -0.2) is 4.79 Å². The molecule has 0 fully saturated rings. The van der Waals surface area contributed by atoms with Crippen LogP contribution in [0.15, 0.2) is 12.1 Å². The molecular weight excluding hydrogens is 302 g/mol. The maximum atomic E-state index is 12.1. The van der Waals surface area contributed by atoms with Crippen LogP contribution in [0.1, 0.15) is 17.3 Å². The molecule has 0 radical (unpaired) electrons. The van der Waals surface area contributed by atoms with Crippen molar-refractivity contribution >= 4 is 23.5 Å². The number of carbonyl (C=O) groups is 2. The van der Waals surface area contributed by atoms with Crippen LogP contribution in [-0.2, 0) is 4.79 Å². The Kier molecular flexibility index (Phi) is 4.54. The molecule has 1 aliphatic rings. The number of aliphatic carboxylic acids is 1. The minimum absolute atomic E-state index is 0.121. The molecule has 1 aliphatic heterocycles. The van der Waals surface area contributed by atoms with E-state index in [0.29, 0.717) is 24.7 Å². The summed E-state index contributed by atoms with van der Waals surface area (Å²) in [5, 5.41) is 20.7. The van der Waals surface area contributed by atoms with E-state index in [0.717, 1.165) is 0 Å². The van der Waals surface area contributed by atoms with Gasteiger partial charge in [-0.1, -0.05) is 11.6 Å². The molecule has 0 bridgehead atoms. The quantitative estimate of drug-likeness (QED) is 0.754. The Morgan fingerprint density at radius 3 is 2.62 bits per heavy atom. The molecule has 0 spiro atoms. The van der Waals surface area contributed by atoms with Gasteiger partial charge in [-0.05, 0) is 19.1 Å². The van der Waals surface area contributed by atoms with Crippen LogP contribution in [0.5, 0.6) is 11.5 Å². The van der Waals surface area contributed by atoms with Crippen LogP contribution in [0.3, 0.4) is 0 Å². The molecule has 21 heavy (non-hydrogen) atoms. The summed E-state index contributed by atoms with van der Waals surface area (Å²) in [7, 11) is 0. The summed E-state index contributed by atoms with van der Waals surface area (Å²) in [5.74, 6) is -1.34. The number of fused-ring (bicyclic) bond motifs is 1. The molecule has 1 aromatic carbocycles. The van der Waals surface area contributed by atoms with Gasteiger partial charge < -0.3 is 25.0 Å². The molecule has 7 nitrogen and oxygen atoms in total. The highest BCUT2D eigenvalue weighted by Gasteiger charge is 2.27. The van der Waals surface area contributed by atoms with Crippen molar-refractivity contribution in [1.29, 1.82) is 0 Å². The van der Waals surface area contributed by atoms with Gasteiger partial charge in [-0.3, -0.25) is 4.79 Å². The molecule has 2 atom stereocenters. The monoisotopic (exact) mass is 315 g/mol. The Balaban J connectivity index is 2.23. The molecule has 1 amide bonds. The van der Waals surface area contributed by atoms with E-state index >= 15 is 0 Å². The van der Waals surface area contributed by atoms with Crippen LogP contribution in [0.25, 0.3) is 0 Å². The van der Waals surface area contributed by atoms with Gasteiger partial charge in [-0.15, -0.1) is 0 Å². The lowest BCUT2D eigenvalue weighted by molar-refractivity contribution is -0.141. The lowest BCUT2D eigenvalue weighted by Crippen LogP contribution is -2.47. The number of amides is 1. The van der Waals surface area contributed by atoms with E-state index in [1.165, 1.54) is 19.1 Å². The van der Waals surface area contributed by atoms with E-state index < -0.39 is 24.0 Å². The van der Waals surface area contributed by atoms with E-state index in [1.54, 1.807) is 0 Å². The number of hydrogen-bond acceptors (Lipinski definition) is 5. The Labute approximate surface area is 125 Å². The van der Waals surface area contributed by atoms with Gasteiger partial charge in [0.1, 0.15) is 13.2 Å². The Morgan fingerprint density at radius 2 is 2.00 bits per heavy atom. The number of carboxylic acids is 1. The van der Waals surface area contributed by atoms with Gasteiger partial charge in [0.15, 0.2) is 17.5 Å². The van der Waals surface area contributed by atoms with Gasteiger partial charge in [0.2, 0.25) is 0 Å². The lowest BCUT2D eigenvalue weighted by Gasteiger charge is -2.21. The molecule has 114 valence electrons. The second-order valence-corrected chi connectivity index (χ2v) is 4.92. The predicted octanol–water partition coefficient (Wildman–Crippen LogP) is 0.675. The average molecular weight is 316 g/mol. The normalized spacial score (nSPS) is 16.0. The number of nitrogens with one attached hydrogen (secondary N) is 1. The maximum absolute atomic E-state index is 12.1. The van der Waals surface area contributed by atoms with Crippen molar-refractivity contribution in [3.8, 4) is 11.5 Å². The van der Waals surface area contributed by atoms with Crippen LogP contribution < -0.4 is 14.8 Å². The molecule has 0 aromatic heterocycles. The van der Waals surface area contributed by atoms with Crippen molar-refractivity contribution in [2.45, 2.75) is 19.1 Å². The SMILES string of the molecule is C[C@@H](O)[C@H](NC(=O)c1cc(Cl)c2c(c1)OCCO2)C(=O)O. The zero-order chi connectivity index (χ0) is 15.6. The van der Waals surface area contributed by atoms with Crippen molar-refractivity contribution in [3.63, 3.8) is 0 Å². The van der Waals surface area contributed by atoms with E-state index in [1.807, 2.05) is 0 Å². The second kappa shape index (κ2) is 6.19. The molecule has 2 rings (SSSR count). The zero-order valence-electron chi connectivity index (χ0n) is 11.1. The third kappa shape index (κ3) is 3.37. The van der Waals surface area contributed by atoms with Crippen LogP contribution >= 0.6 is 11.6 Å². The topological polar surface area (TPSA) is 105 Å². The molecule has 0 unspecified atom stereocenters. The molecule has 8 heteroatoms. The molecule has 0 aliphatic carbocycles. The number of aliphatic hydroxyl groups is 1. The third-order valence-corrected chi connectivity index (χ3v) is 3.17. The summed E-state index contributed by atoms with van der Waals surface area (Å²) in [4.78, 5) is 23.0. The fourth-order valence-corrected chi connectivity index (χ4v) is 2.12. The number of carboxylic acid groups (broad SMARTS) is 1. The van der Waals surface area contributed by atoms with Crippen LogP contribution in [0.4, 0.5) is 0 Å². The number of hydrogen-bond donors (Lipinski definition) is 3. The molecular formula is C13H14ClNO6. The second-order valence-electron chi connectivity index (χ2n) is 4.51. The lowest BCUT2D eigenvalue weighted by atomic mass is 10.1. The van der Waals surface area contributed by atoms with Gasteiger partial charge >= 0.3 is 5.97 Å². The van der Waals surface area contributed by atoms with Crippen molar-refractivity contribution in [3.05, 3.63) is 22.7 Å². The number of benzene rings is 1. The Hall–Kier alpha value is -1.99. The number of halogens is 1. The summed E-state index contributed by atoms with van der Waals surface area (Å²) in [6, 6.07) is 1.35. The average Bonchev–Trinajstić information content (AvgIpc) is 2.43. The van der Waals surface area contributed by atoms with E-state index in [4.69, 9.17) is 26.2 Å². The maximum Gasteiger partial charge on any atom is 0.328 e. The highest BCUT2D eigenvalue weighted by molar-refractivity contribution is 6.32. The highest BCUT2D eigenvalue weighted by atomic mass is 35.5. The van der Waals surface area contributed by atoms with Crippen molar-refractivity contribution < 1.29 is 29.3 Å². The molecule has 0 saturated carbocycles. The fourth-order valence-electron chi connectivity index (χ4n) is 1.86. The minimum Gasteiger partial charge on any atom is -0.486 e. The van der Waals surface area contributed by atoms with E-state index in [-0.39, 0.29) is 10.6 Å². The summed E-state index contributed by atoms with van der Waals surface area (Å²) >= 11 is 6.00. The standard InChI is InChI=1S/C13H14ClNO6/c1-6(16)10(13(18)19)15-12(17)7-4-8(14)11-9(5-7)20-2-3-21-11/h4-6,10,16H,2-3H2,1H3,(H,15,17)(H,18,19)/t6-,10+/m1/s1. The largest absolute Gasteiger partial charge is 0.486 e. The third-order valence-electron chi connectivity index (χ3n) is 2.89. The summed E-state index contributed by atoms with van der Waals surface area (Å²) < 4.78 is 10.7. The first kappa shape index (κ1) is 15.4. The summed E-state index contributed by atoms with van der Waals surface area (Å²) in [5.41, 5.74) is 0.121. The minimum atomic E-state index is -1.41. The van der Waals surface area contributed by atoms with Gasteiger partial charge in [-0.2, -0.15) is 0 Å². The predicted molar refractivity (Wildman–Crippen MR) is 73.0 cm³/mol. The number of rotatable bonds is 4.